The molecule has 1 aliphatic rings. The van der Waals surface area contributed by atoms with Crippen molar-refractivity contribution in [3.05, 3.63) is 58.8 Å². The molecule has 3 aromatic rings. The minimum absolute atomic E-state index is 0.0534. The highest BCUT2D eigenvalue weighted by molar-refractivity contribution is 6.33. The summed E-state index contributed by atoms with van der Waals surface area (Å²) in [6, 6.07) is 7.26. The fourth-order valence-corrected chi connectivity index (χ4v) is 3.69. The first-order valence-electron chi connectivity index (χ1n) is 9.54. The Labute approximate surface area is 173 Å². The van der Waals surface area contributed by atoms with Crippen LogP contribution in [-0.2, 0) is 0 Å². The van der Waals surface area contributed by atoms with Crippen LogP contribution in [0.2, 0.25) is 5.02 Å². The van der Waals surface area contributed by atoms with Gasteiger partial charge in [0, 0.05) is 37.2 Å². The Morgan fingerprint density at radius 1 is 1.17 bits per heavy atom. The molecule has 0 saturated carbocycles. The van der Waals surface area contributed by atoms with Crippen molar-refractivity contribution in [1.29, 1.82) is 0 Å². The fourth-order valence-electron chi connectivity index (χ4n) is 3.50. The molecule has 9 heteroatoms. The topological polar surface area (TPSA) is 88.8 Å². The van der Waals surface area contributed by atoms with Crippen LogP contribution >= 0.6 is 11.6 Å². The zero-order chi connectivity index (χ0) is 20.4. The highest BCUT2D eigenvalue weighted by Gasteiger charge is 2.24. The summed E-state index contributed by atoms with van der Waals surface area (Å²) in [5, 5.41) is 7.81. The van der Waals surface area contributed by atoms with E-state index in [2.05, 4.69) is 30.3 Å². The number of hydrogen-bond acceptors (Lipinski definition) is 6. The fraction of sp³-hybridized carbons (Fsp3) is 0.350. The van der Waals surface area contributed by atoms with Crippen LogP contribution in [0.25, 0.3) is 5.82 Å². The van der Waals surface area contributed by atoms with E-state index in [0.717, 1.165) is 43.3 Å². The maximum atomic E-state index is 12.8. The summed E-state index contributed by atoms with van der Waals surface area (Å²) < 4.78 is 1.71. The van der Waals surface area contributed by atoms with Gasteiger partial charge in [0.1, 0.15) is 5.69 Å². The average molecular weight is 412 g/mol. The van der Waals surface area contributed by atoms with Gasteiger partial charge in [0.25, 0.3) is 5.91 Å². The van der Waals surface area contributed by atoms with E-state index in [-0.39, 0.29) is 17.6 Å². The largest absolute Gasteiger partial charge is 0.348 e. The molecule has 0 radical (unpaired) electrons. The molecule has 0 atom stereocenters. The number of nitrogens with one attached hydrogen (secondary N) is 1. The Hall–Kier alpha value is -3.00. The lowest BCUT2D eigenvalue weighted by Gasteiger charge is -2.32. The third kappa shape index (κ3) is 4.22. The SMILES string of the molecule is Cc1cc(C)n(-c2ccc(Cl)c(C(=O)NC3CCN(c4ncccn4)CC3)n2)n1. The first-order valence-corrected chi connectivity index (χ1v) is 9.92. The molecular weight excluding hydrogens is 390 g/mol. The normalized spacial score (nSPS) is 14.8. The van der Waals surface area contributed by atoms with Gasteiger partial charge in [-0.3, -0.25) is 4.79 Å². The maximum absolute atomic E-state index is 12.8. The number of carbonyl (C=O) groups is 1. The van der Waals surface area contributed by atoms with Crippen LogP contribution in [0.15, 0.2) is 36.7 Å². The Morgan fingerprint density at radius 3 is 2.55 bits per heavy atom. The molecular formula is C20H22ClN7O. The zero-order valence-electron chi connectivity index (χ0n) is 16.3. The van der Waals surface area contributed by atoms with Crippen LogP contribution in [0.4, 0.5) is 5.95 Å². The summed E-state index contributed by atoms with van der Waals surface area (Å²) in [5.74, 6) is 1.02. The molecule has 1 saturated heterocycles. The number of aryl methyl sites for hydroxylation is 2. The molecule has 0 aromatic carbocycles. The summed E-state index contributed by atoms with van der Waals surface area (Å²) in [5.41, 5.74) is 2.05. The number of aromatic nitrogens is 5. The summed E-state index contributed by atoms with van der Waals surface area (Å²) in [7, 11) is 0. The molecule has 0 unspecified atom stereocenters. The number of carbonyl (C=O) groups excluding carboxylic acids is 1. The third-order valence-electron chi connectivity index (χ3n) is 4.94. The zero-order valence-corrected chi connectivity index (χ0v) is 17.1. The van der Waals surface area contributed by atoms with Gasteiger partial charge in [-0.25, -0.2) is 19.6 Å². The van der Waals surface area contributed by atoms with Gasteiger partial charge in [-0.1, -0.05) is 11.6 Å². The van der Waals surface area contributed by atoms with Crippen molar-refractivity contribution < 1.29 is 4.79 Å². The number of halogens is 1. The van der Waals surface area contributed by atoms with Crippen molar-refractivity contribution in [3.63, 3.8) is 0 Å². The Bertz CT molecular complexity index is 1010. The lowest BCUT2D eigenvalue weighted by molar-refractivity contribution is 0.0926. The summed E-state index contributed by atoms with van der Waals surface area (Å²) in [6.07, 6.45) is 5.08. The van der Waals surface area contributed by atoms with Gasteiger partial charge in [0.15, 0.2) is 5.82 Å². The van der Waals surface area contributed by atoms with Gasteiger partial charge in [0.2, 0.25) is 5.95 Å². The first kappa shape index (κ1) is 19.3. The number of anilines is 1. The Kier molecular flexibility index (Phi) is 5.44. The van der Waals surface area contributed by atoms with Crippen molar-refractivity contribution in [2.24, 2.45) is 0 Å². The van der Waals surface area contributed by atoms with E-state index in [9.17, 15) is 4.79 Å². The quantitative estimate of drug-likeness (QED) is 0.710. The third-order valence-corrected chi connectivity index (χ3v) is 5.24. The molecule has 1 fully saturated rings. The van der Waals surface area contributed by atoms with Gasteiger partial charge in [0.05, 0.1) is 10.7 Å². The van der Waals surface area contributed by atoms with Crippen LogP contribution in [0.5, 0.6) is 0 Å². The molecule has 150 valence electrons. The number of nitrogens with zero attached hydrogens (tertiary/aromatic N) is 6. The van der Waals surface area contributed by atoms with E-state index in [1.54, 1.807) is 35.3 Å². The molecule has 8 nitrogen and oxygen atoms in total. The van der Waals surface area contributed by atoms with Gasteiger partial charge < -0.3 is 10.2 Å². The van der Waals surface area contributed by atoms with Gasteiger partial charge in [-0.15, -0.1) is 0 Å². The maximum Gasteiger partial charge on any atom is 0.271 e. The highest BCUT2D eigenvalue weighted by Crippen LogP contribution is 2.20. The van der Waals surface area contributed by atoms with E-state index in [1.807, 2.05) is 19.9 Å². The summed E-state index contributed by atoms with van der Waals surface area (Å²) in [4.78, 5) is 28.0. The molecule has 0 aliphatic carbocycles. The first-order chi connectivity index (χ1) is 14.0. The van der Waals surface area contributed by atoms with Crippen LogP contribution in [0, 0.1) is 13.8 Å². The van der Waals surface area contributed by atoms with Crippen LogP contribution in [0.3, 0.4) is 0 Å². The number of hydrogen-bond donors (Lipinski definition) is 1. The smallest absolute Gasteiger partial charge is 0.271 e. The van der Waals surface area contributed by atoms with Crippen LogP contribution < -0.4 is 10.2 Å². The molecule has 1 N–H and O–H groups in total. The number of rotatable bonds is 4. The minimum Gasteiger partial charge on any atom is -0.348 e. The number of amides is 1. The van der Waals surface area contributed by atoms with E-state index >= 15 is 0 Å². The van der Waals surface area contributed by atoms with Crippen LogP contribution in [-0.4, -0.2) is 49.8 Å². The number of pyridine rings is 1. The molecule has 0 bridgehead atoms. The molecule has 4 rings (SSSR count). The standard InChI is InChI=1S/C20H22ClN7O/c1-13-12-14(2)28(26-13)17-5-4-16(21)18(25-17)19(29)24-15-6-10-27(11-7-15)20-22-8-3-9-23-20/h3-5,8-9,12,15H,6-7,10-11H2,1-2H3,(H,24,29). The summed E-state index contributed by atoms with van der Waals surface area (Å²) >= 11 is 6.27. The predicted octanol–water partition coefficient (Wildman–Crippen LogP) is 2.73. The highest BCUT2D eigenvalue weighted by atomic mass is 35.5. The Morgan fingerprint density at radius 2 is 1.90 bits per heavy atom. The van der Waals surface area contributed by atoms with Gasteiger partial charge in [-0.05, 0) is 51.0 Å². The Balaban J connectivity index is 1.44. The second-order valence-corrected chi connectivity index (χ2v) is 7.53. The van der Waals surface area contributed by atoms with E-state index in [4.69, 9.17) is 11.6 Å². The molecule has 4 heterocycles. The van der Waals surface area contributed by atoms with Crippen molar-refractivity contribution >= 4 is 23.5 Å². The second-order valence-electron chi connectivity index (χ2n) is 7.12. The lowest BCUT2D eigenvalue weighted by atomic mass is 10.1. The van der Waals surface area contributed by atoms with Crippen molar-refractivity contribution in [2.75, 3.05) is 18.0 Å². The summed E-state index contributed by atoms with van der Waals surface area (Å²) in [6.45, 7) is 5.42. The minimum atomic E-state index is -0.271. The molecule has 1 amide bonds. The molecule has 29 heavy (non-hydrogen) atoms. The van der Waals surface area contributed by atoms with Crippen molar-refractivity contribution in [3.8, 4) is 5.82 Å². The van der Waals surface area contributed by atoms with E-state index in [0.29, 0.717) is 10.8 Å². The van der Waals surface area contributed by atoms with Gasteiger partial charge in [-0.2, -0.15) is 5.10 Å². The van der Waals surface area contributed by atoms with Gasteiger partial charge >= 0.3 is 0 Å². The van der Waals surface area contributed by atoms with Crippen LogP contribution in [0.1, 0.15) is 34.7 Å². The second kappa shape index (κ2) is 8.16. The molecule has 3 aromatic heterocycles. The monoisotopic (exact) mass is 411 g/mol. The predicted molar refractivity (Wildman–Crippen MR) is 111 cm³/mol. The molecule has 0 spiro atoms. The average Bonchev–Trinajstić information content (AvgIpc) is 3.07. The van der Waals surface area contributed by atoms with Crippen molar-refractivity contribution in [1.82, 2.24) is 30.0 Å². The van der Waals surface area contributed by atoms with E-state index < -0.39 is 0 Å². The van der Waals surface area contributed by atoms with Crippen molar-refractivity contribution in [2.45, 2.75) is 32.7 Å². The van der Waals surface area contributed by atoms with E-state index in [1.165, 1.54) is 0 Å². The lowest BCUT2D eigenvalue weighted by Crippen LogP contribution is -2.45. The number of piperidine rings is 1. The molecule has 1 aliphatic heterocycles.